The van der Waals surface area contributed by atoms with Gasteiger partial charge >= 0.3 is 5.69 Å². The van der Waals surface area contributed by atoms with E-state index in [4.69, 9.17) is 0 Å². The van der Waals surface area contributed by atoms with E-state index in [1.165, 1.54) is 10.9 Å². The minimum absolute atomic E-state index is 0.0352. The summed E-state index contributed by atoms with van der Waals surface area (Å²) >= 11 is 0. The molecule has 21 heavy (non-hydrogen) atoms. The molecular weight excluding hydrogens is 274 g/mol. The van der Waals surface area contributed by atoms with Crippen LogP contribution in [0.15, 0.2) is 23.5 Å². The first-order chi connectivity index (χ1) is 10.2. The van der Waals surface area contributed by atoms with Gasteiger partial charge < -0.3 is 9.88 Å². The highest BCUT2D eigenvalue weighted by molar-refractivity contribution is 5.76. The summed E-state index contributed by atoms with van der Waals surface area (Å²) < 4.78 is 1.28. The van der Waals surface area contributed by atoms with Gasteiger partial charge in [0.2, 0.25) is 5.91 Å². The number of imidazole rings is 1. The summed E-state index contributed by atoms with van der Waals surface area (Å²) in [6.07, 6.45) is 4.88. The molecule has 112 valence electrons. The zero-order chi connectivity index (χ0) is 14.7. The van der Waals surface area contributed by atoms with E-state index in [0.717, 1.165) is 25.5 Å². The summed E-state index contributed by atoms with van der Waals surface area (Å²) in [4.78, 5) is 34.7. The van der Waals surface area contributed by atoms with E-state index in [1.54, 1.807) is 17.3 Å². The van der Waals surface area contributed by atoms with Gasteiger partial charge in [0, 0.05) is 38.6 Å². The second-order valence-electron chi connectivity index (χ2n) is 4.98. The Morgan fingerprint density at radius 3 is 2.71 bits per heavy atom. The molecular formula is C12H17N7O2. The minimum Gasteiger partial charge on any atom is -0.348 e. The quantitative estimate of drug-likeness (QED) is 0.724. The summed E-state index contributed by atoms with van der Waals surface area (Å²) in [7, 11) is 0. The first-order valence-electron chi connectivity index (χ1n) is 6.80. The number of nitrogens with zero attached hydrogens (tertiary/aromatic N) is 5. The molecule has 9 heteroatoms. The van der Waals surface area contributed by atoms with Crippen LogP contribution in [-0.4, -0.2) is 66.6 Å². The average molecular weight is 291 g/mol. The number of carbonyl (C=O) groups is 1. The lowest BCUT2D eigenvalue weighted by atomic mass is 10.3. The number of H-pyrrole nitrogens is 2. The molecule has 1 amide bonds. The fourth-order valence-electron chi connectivity index (χ4n) is 2.38. The van der Waals surface area contributed by atoms with Crippen molar-refractivity contribution in [1.29, 1.82) is 0 Å². The van der Waals surface area contributed by atoms with E-state index < -0.39 is 0 Å². The first-order valence-corrected chi connectivity index (χ1v) is 6.80. The van der Waals surface area contributed by atoms with Gasteiger partial charge in [-0.15, -0.1) is 0 Å². The third-order valence-electron chi connectivity index (χ3n) is 3.58. The standard InChI is InChI=1S/C12H17N7O2/c20-11(8-19-9-15-16-12(19)21)18-5-3-17(4-6-18)7-10-13-1-2-14-10/h1-2,9H,3-8H2,(H,13,14)(H,16,21). The highest BCUT2D eigenvalue weighted by Crippen LogP contribution is 2.06. The molecule has 2 N–H and O–H groups in total. The van der Waals surface area contributed by atoms with Crippen molar-refractivity contribution in [2.75, 3.05) is 26.2 Å². The number of amides is 1. The van der Waals surface area contributed by atoms with E-state index in [2.05, 4.69) is 25.1 Å². The molecule has 3 heterocycles. The molecule has 0 aliphatic carbocycles. The first kappa shape index (κ1) is 13.6. The maximum atomic E-state index is 12.1. The zero-order valence-electron chi connectivity index (χ0n) is 11.5. The summed E-state index contributed by atoms with van der Waals surface area (Å²) in [5.74, 6) is 0.871. The minimum atomic E-state index is -0.361. The third kappa shape index (κ3) is 3.19. The molecule has 0 spiro atoms. The van der Waals surface area contributed by atoms with Crippen LogP contribution in [0.4, 0.5) is 0 Å². The van der Waals surface area contributed by atoms with Crippen LogP contribution < -0.4 is 5.69 Å². The Morgan fingerprint density at radius 1 is 1.29 bits per heavy atom. The van der Waals surface area contributed by atoms with Gasteiger partial charge in [0.05, 0.1) is 6.54 Å². The second kappa shape index (κ2) is 5.92. The maximum Gasteiger partial charge on any atom is 0.343 e. The number of rotatable bonds is 4. The summed E-state index contributed by atoms with van der Waals surface area (Å²) in [6, 6.07) is 0. The van der Waals surface area contributed by atoms with Gasteiger partial charge in [-0.1, -0.05) is 0 Å². The Hall–Kier alpha value is -2.42. The molecule has 0 radical (unpaired) electrons. The molecule has 0 unspecified atom stereocenters. The van der Waals surface area contributed by atoms with E-state index in [0.29, 0.717) is 13.1 Å². The summed E-state index contributed by atoms with van der Waals surface area (Å²) in [5, 5.41) is 5.89. The van der Waals surface area contributed by atoms with Gasteiger partial charge in [-0.05, 0) is 0 Å². The average Bonchev–Trinajstić information content (AvgIpc) is 3.12. The molecule has 2 aromatic heterocycles. The van der Waals surface area contributed by atoms with Gasteiger partial charge in [0.25, 0.3) is 0 Å². The second-order valence-corrected chi connectivity index (χ2v) is 4.98. The van der Waals surface area contributed by atoms with Crippen molar-refractivity contribution in [2.24, 2.45) is 0 Å². The highest BCUT2D eigenvalue weighted by atomic mass is 16.2. The molecule has 1 aliphatic heterocycles. The number of nitrogens with one attached hydrogen (secondary N) is 2. The normalized spacial score (nSPS) is 16.3. The molecule has 1 aliphatic rings. The monoisotopic (exact) mass is 291 g/mol. The molecule has 2 aromatic rings. The number of hydrogen-bond donors (Lipinski definition) is 2. The van der Waals surface area contributed by atoms with Crippen LogP contribution in [0.1, 0.15) is 5.82 Å². The Balaban J connectivity index is 1.50. The van der Waals surface area contributed by atoms with Crippen molar-refractivity contribution in [3.8, 4) is 0 Å². The lowest BCUT2D eigenvalue weighted by Crippen LogP contribution is -2.49. The third-order valence-corrected chi connectivity index (χ3v) is 3.58. The predicted molar refractivity (Wildman–Crippen MR) is 73.3 cm³/mol. The van der Waals surface area contributed by atoms with Crippen LogP contribution in [0.5, 0.6) is 0 Å². The fourth-order valence-corrected chi connectivity index (χ4v) is 2.38. The zero-order valence-corrected chi connectivity index (χ0v) is 11.5. The van der Waals surface area contributed by atoms with Crippen molar-refractivity contribution in [3.05, 3.63) is 35.0 Å². The molecule has 9 nitrogen and oxygen atoms in total. The number of piperazine rings is 1. The van der Waals surface area contributed by atoms with E-state index in [-0.39, 0.29) is 18.1 Å². The number of aromatic nitrogens is 5. The largest absolute Gasteiger partial charge is 0.348 e. The highest BCUT2D eigenvalue weighted by Gasteiger charge is 2.22. The smallest absolute Gasteiger partial charge is 0.343 e. The number of aromatic amines is 2. The number of carbonyl (C=O) groups excluding carboxylic acids is 1. The molecule has 0 aromatic carbocycles. The van der Waals surface area contributed by atoms with Crippen LogP contribution in [0.2, 0.25) is 0 Å². The van der Waals surface area contributed by atoms with Gasteiger partial charge in [-0.25, -0.2) is 14.9 Å². The van der Waals surface area contributed by atoms with Crippen LogP contribution in [0, 0.1) is 0 Å². The van der Waals surface area contributed by atoms with Crippen molar-refractivity contribution in [1.82, 2.24) is 34.5 Å². The van der Waals surface area contributed by atoms with Gasteiger partial charge in [0.15, 0.2) is 0 Å². The molecule has 1 saturated heterocycles. The van der Waals surface area contributed by atoms with Crippen molar-refractivity contribution in [3.63, 3.8) is 0 Å². The summed E-state index contributed by atoms with van der Waals surface area (Å²) in [5.41, 5.74) is -0.361. The topological polar surface area (TPSA) is 103 Å². The lowest BCUT2D eigenvalue weighted by molar-refractivity contribution is -0.133. The SMILES string of the molecule is O=C(Cn1cn[nH]c1=O)N1CCN(Cc2ncc[nH]2)CC1. The Bertz CT molecular complexity index is 637. The van der Waals surface area contributed by atoms with Gasteiger partial charge in [0.1, 0.15) is 18.7 Å². The van der Waals surface area contributed by atoms with Gasteiger partial charge in [-0.3, -0.25) is 14.3 Å². The predicted octanol–water partition coefficient (Wildman–Crippen LogP) is -1.36. The van der Waals surface area contributed by atoms with Gasteiger partial charge in [-0.2, -0.15) is 5.10 Å². The van der Waals surface area contributed by atoms with Crippen molar-refractivity contribution in [2.45, 2.75) is 13.1 Å². The van der Waals surface area contributed by atoms with E-state index in [9.17, 15) is 9.59 Å². The Morgan fingerprint density at radius 2 is 2.10 bits per heavy atom. The van der Waals surface area contributed by atoms with Crippen molar-refractivity contribution >= 4 is 5.91 Å². The molecule has 3 rings (SSSR count). The summed E-state index contributed by atoms with van der Waals surface area (Å²) in [6.45, 7) is 3.71. The fraction of sp³-hybridized carbons (Fsp3) is 0.500. The van der Waals surface area contributed by atoms with Crippen LogP contribution in [0.25, 0.3) is 0 Å². The van der Waals surface area contributed by atoms with Crippen LogP contribution in [0.3, 0.4) is 0 Å². The lowest BCUT2D eigenvalue weighted by Gasteiger charge is -2.34. The van der Waals surface area contributed by atoms with E-state index >= 15 is 0 Å². The molecule has 0 bridgehead atoms. The maximum absolute atomic E-state index is 12.1. The molecule has 1 fully saturated rings. The van der Waals surface area contributed by atoms with Crippen molar-refractivity contribution < 1.29 is 4.79 Å². The number of hydrogen-bond acceptors (Lipinski definition) is 5. The Kier molecular flexibility index (Phi) is 3.82. The van der Waals surface area contributed by atoms with Crippen LogP contribution >= 0.6 is 0 Å². The molecule has 0 atom stereocenters. The van der Waals surface area contributed by atoms with Crippen LogP contribution in [-0.2, 0) is 17.9 Å². The van der Waals surface area contributed by atoms with E-state index in [1.807, 2.05) is 0 Å². The Labute approximate surface area is 120 Å². The molecule has 0 saturated carbocycles.